The molecule has 0 atom stereocenters. The number of ether oxygens (including phenoxy) is 2. The third kappa shape index (κ3) is 4.70. The maximum Gasteiger partial charge on any atom is 0.236 e. The molecule has 2 aromatic heterocycles. The van der Waals surface area contributed by atoms with Crippen LogP contribution < -0.4 is 14.8 Å². The van der Waals surface area contributed by atoms with Crippen molar-refractivity contribution in [3.8, 4) is 22.9 Å². The average molecular weight is 434 g/mol. The van der Waals surface area contributed by atoms with Crippen molar-refractivity contribution in [3.05, 3.63) is 28.8 Å². The van der Waals surface area contributed by atoms with Crippen molar-refractivity contribution in [3.63, 3.8) is 0 Å². The smallest absolute Gasteiger partial charge is 0.236 e. The van der Waals surface area contributed by atoms with Gasteiger partial charge in [0.05, 0.1) is 25.7 Å². The van der Waals surface area contributed by atoms with Crippen LogP contribution in [0.5, 0.6) is 11.5 Å². The number of anilines is 1. The van der Waals surface area contributed by atoms with E-state index >= 15 is 0 Å². The Morgan fingerprint density at radius 2 is 1.97 bits per heavy atom. The molecule has 1 N–H and O–H groups in total. The van der Waals surface area contributed by atoms with Gasteiger partial charge in [0.2, 0.25) is 5.91 Å². The summed E-state index contributed by atoms with van der Waals surface area (Å²) in [6.07, 6.45) is 0. The molecule has 2 heterocycles. The standard InChI is InChI=1S/C19H23N5O3S2/c1-6-24-17(13-7-8-14(26-4)15(9-13)27-5)22-23-19(24)28-10-16(25)21-18-20-11(2)12(3)29-18/h7-9H,6,10H2,1-5H3,(H,20,21,25). The molecular formula is C19H23N5O3S2. The first-order valence-electron chi connectivity index (χ1n) is 8.99. The highest BCUT2D eigenvalue weighted by atomic mass is 32.2. The summed E-state index contributed by atoms with van der Waals surface area (Å²) in [5, 5.41) is 12.7. The Balaban J connectivity index is 1.73. The third-order valence-electron chi connectivity index (χ3n) is 4.28. The monoisotopic (exact) mass is 433 g/mol. The minimum Gasteiger partial charge on any atom is -0.493 e. The van der Waals surface area contributed by atoms with Gasteiger partial charge in [0.25, 0.3) is 0 Å². The predicted octanol–water partition coefficient (Wildman–Crippen LogP) is 3.79. The molecule has 3 aromatic rings. The molecule has 1 aromatic carbocycles. The maximum absolute atomic E-state index is 12.3. The summed E-state index contributed by atoms with van der Waals surface area (Å²) in [5.74, 6) is 2.09. The Bertz CT molecular complexity index is 996. The predicted molar refractivity (Wildman–Crippen MR) is 115 cm³/mol. The minimum atomic E-state index is -0.123. The number of hydrogen-bond donors (Lipinski definition) is 1. The van der Waals surface area contributed by atoms with Crippen LogP contribution in [-0.2, 0) is 11.3 Å². The van der Waals surface area contributed by atoms with Crippen LogP contribution in [0.3, 0.4) is 0 Å². The lowest BCUT2D eigenvalue weighted by molar-refractivity contribution is -0.113. The summed E-state index contributed by atoms with van der Waals surface area (Å²) >= 11 is 2.81. The van der Waals surface area contributed by atoms with Crippen molar-refractivity contribution in [1.82, 2.24) is 19.7 Å². The lowest BCUT2D eigenvalue weighted by Gasteiger charge is -2.10. The van der Waals surface area contributed by atoms with E-state index in [1.54, 1.807) is 14.2 Å². The summed E-state index contributed by atoms with van der Waals surface area (Å²) in [6, 6.07) is 5.61. The SMILES string of the molecule is CCn1c(SCC(=O)Nc2nc(C)c(C)s2)nnc1-c1ccc(OC)c(OC)c1. The zero-order valence-corrected chi connectivity index (χ0v) is 18.6. The summed E-state index contributed by atoms with van der Waals surface area (Å²) in [6.45, 7) is 6.59. The molecule has 154 valence electrons. The number of methoxy groups -OCH3 is 2. The first kappa shape index (κ1) is 21.1. The first-order chi connectivity index (χ1) is 14.0. The lowest BCUT2D eigenvalue weighted by atomic mass is 10.2. The highest BCUT2D eigenvalue weighted by Crippen LogP contribution is 2.33. The van der Waals surface area contributed by atoms with E-state index in [2.05, 4.69) is 20.5 Å². The molecule has 0 fully saturated rings. The topological polar surface area (TPSA) is 91.2 Å². The van der Waals surface area contributed by atoms with Gasteiger partial charge in [-0.05, 0) is 39.0 Å². The van der Waals surface area contributed by atoms with Gasteiger partial charge in [-0.3, -0.25) is 4.79 Å². The molecule has 10 heteroatoms. The number of thiazole rings is 1. The van der Waals surface area contributed by atoms with E-state index in [0.29, 0.717) is 34.2 Å². The number of carbonyl (C=O) groups excluding carboxylic acids is 1. The molecule has 0 aliphatic heterocycles. The second kappa shape index (κ2) is 9.27. The second-order valence-corrected chi connectivity index (χ2v) is 8.26. The van der Waals surface area contributed by atoms with Gasteiger partial charge in [-0.25, -0.2) is 4.98 Å². The van der Waals surface area contributed by atoms with E-state index in [0.717, 1.165) is 16.1 Å². The van der Waals surface area contributed by atoms with Gasteiger partial charge in [0.1, 0.15) is 0 Å². The Morgan fingerprint density at radius 1 is 1.21 bits per heavy atom. The molecule has 8 nitrogen and oxygen atoms in total. The van der Waals surface area contributed by atoms with Gasteiger partial charge in [-0.15, -0.1) is 21.5 Å². The first-order valence-corrected chi connectivity index (χ1v) is 10.8. The molecule has 0 aliphatic rings. The Labute approximate surface area is 177 Å². The highest BCUT2D eigenvalue weighted by Gasteiger charge is 2.17. The zero-order chi connectivity index (χ0) is 21.0. The van der Waals surface area contributed by atoms with E-state index < -0.39 is 0 Å². The molecule has 0 radical (unpaired) electrons. The maximum atomic E-state index is 12.3. The number of carbonyl (C=O) groups is 1. The number of benzene rings is 1. The van der Waals surface area contributed by atoms with Crippen LogP contribution in [0.25, 0.3) is 11.4 Å². The molecule has 0 unspecified atom stereocenters. The van der Waals surface area contributed by atoms with Gasteiger partial charge in [-0.1, -0.05) is 11.8 Å². The van der Waals surface area contributed by atoms with Crippen molar-refractivity contribution in [1.29, 1.82) is 0 Å². The Morgan fingerprint density at radius 3 is 2.59 bits per heavy atom. The normalized spacial score (nSPS) is 10.8. The molecule has 0 aliphatic carbocycles. The minimum absolute atomic E-state index is 0.123. The lowest BCUT2D eigenvalue weighted by Crippen LogP contribution is -2.14. The Hall–Kier alpha value is -2.59. The van der Waals surface area contributed by atoms with Gasteiger partial charge in [-0.2, -0.15) is 0 Å². The van der Waals surface area contributed by atoms with Crippen LogP contribution in [0.1, 0.15) is 17.5 Å². The van der Waals surface area contributed by atoms with Gasteiger partial charge in [0.15, 0.2) is 27.6 Å². The van der Waals surface area contributed by atoms with Crippen molar-refractivity contribution >= 4 is 34.1 Å². The van der Waals surface area contributed by atoms with E-state index in [-0.39, 0.29) is 11.7 Å². The molecule has 29 heavy (non-hydrogen) atoms. The molecular weight excluding hydrogens is 410 g/mol. The number of rotatable bonds is 8. The largest absolute Gasteiger partial charge is 0.493 e. The fraction of sp³-hybridized carbons (Fsp3) is 0.368. The van der Waals surface area contributed by atoms with Crippen LogP contribution in [-0.4, -0.2) is 45.6 Å². The summed E-state index contributed by atoms with van der Waals surface area (Å²) in [5.41, 5.74) is 1.80. The number of aromatic nitrogens is 4. The van der Waals surface area contributed by atoms with Crippen LogP contribution >= 0.6 is 23.1 Å². The van der Waals surface area contributed by atoms with Crippen molar-refractivity contribution < 1.29 is 14.3 Å². The van der Waals surface area contributed by atoms with Crippen LogP contribution in [0.2, 0.25) is 0 Å². The third-order valence-corrected chi connectivity index (χ3v) is 6.24. The number of amides is 1. The number of thioether (sulfide) groups is 1. The molecule has 0 bridgehead atoms. The molecule has 3 rings (SSSR count). The number of aryl methyl sites for hydroxylation is 2. The zero-order valence-electron chi connectivity index (χ0n) is 17.0. The quantitative estimate of drug-likeness (QED) is 0.541. The fourth-order valence-corrected chi connectivity index (χ4v) is 4.31. The van der Waals surface area contributed by atoms with Crippen molar-refractivity contribution in [2.75, 3.05) is 25.3 Å². The van der Waals surface area contributed by atoms with E-state index in [1.165, 1.54) is 23.1 Å². The number of hydrogen-bond acceptors (Lipinski definition) is 8. The average Bonchev–Trinajstić information content (AvgIpc) is 3.27. The number of nitrogens with one attached hydrogen (secondary N) is 1. The van der Waals surface area contributed by atoms with Crippen LogP contribution in [0.15, 0.2) is 23.4 Å². The van der Waals surface area contributed by atoms with E-state index in [1.807, 2.05) is 43.5 Å². The highest BCUT2D eigenvalue weighted by molar-refractivity contribution is 7.99. The molecule has 1 amide bonds. The van der Waals surface area contributed by atoms with E-state index in [9.17, 15) is 4.79 Å². The molecule has 0 saturated heterocycles. The summed E-state index contributed by atoms with van der Waals surface area (Å²) < 4.78 is 12.6. The fourth-order valence-electron chi connectivity index (χ4n) is 2.68. The molecule has 0 spiro atoms. The van der Waals surface area contributed by atoms with Gasteiger partial charge in [0, 0.05) is 17.0 Å². The van der Waals surface area contributed by atoms with Crippen molar-refractivity contribution in [2.45, 2.75) is 32.5 Å². The summed E-state index contributed by atoms with van der Waals surface area (Å²) in [7, 11) is 3.19. The molecule has 0 saturated carbocycles. The van der Waals surface area contributed by atoms with E-state index in [4.69, 9.17) is 9.47 Å². The van der Waals surface area contributed by atoms with Gasteiger partial charge >= 0.3 is 0 Å². The van der Waals surface area contributed by atoms with Gasteiger partial charge < -0.3 is 19.4 Å². The van der Waals surface area contributed by atoms with Crippen molar-refractivity contribution in [2.24, 2.45) is 0 Å². The second-order valence-electron chi connectivity index (χ2n) is 6.12. The van der Waals surface area contributed by atoms with Crippen LogP contribution in [0.4, 0.5) is 5.13 Å². The number of nitrogens with zero attached hydrogens (tertiary/aromatic N) is 4. The van der Waals surface area contributed by atoms with Crippen LogP contribution in [0, 0.1) is 13.8 Å². The Kier molecular flexibility index (Phi) is 6.75. The summed E-state index contributed by atoms with van der Waals surface area (Å²) in [4.78, 5) is 17.7.